The minimum atomic E-state index is -2.43. The Hall–Kier alpha value is 0.500. The molecular formula is C11H26NO2PS. The lowest BCUT2D eigenvalue weighted by Gasteiger charge is -2.19. The van der Waals surface area contributed by atoms with E-state index in [1.807, 2.05) is 0 Å². The van der Waals surface area contributed by atoms with Gasteiger partial charge in [0, 0.05) is 19.0 Å². The van der Waals surface area contributed by atoms with Crippen molar-refractivity contribution < 1.29 is 9.09 Å². The molecule has 0 aliphatic heterocycles. The molecule has 5 heteroatoms. The predicted octanol–water partition coefficient (Wildman–Crippen LogP) is 3.56. The van der Waals surface area contributed by atoms with Gasteiger partial charge in [0.25, 0.3) is 6.57 Å². The zero-order valence-corrected chi connectivity index (χ0v) is 12.9. The fourth-order valence-corrected chi connectivity index (χ4v) is 4.16. The Morgan fingerprint density at radius 3 is 2.31 bits per heavy atom. The molecule has 0 fully saturated rings. The second kappa shape index (κ2) is 8.57. The van der Waals surface area contributed by atoms with Gasteiger partial charge in [0.05, 0.1) is 6.61 Å². The minimum absolute atomic E-state index is 0.441. The molecule has 3 nitrogen and oxygen atoms in total. The van der Waals surface area contributed by atoms with Gasteiger partial charge in [-0.3, -0.25) is 4.57 Å². The monoisotopic (exact) mass is 267 g/mol. The van der Waals surface area contributed by atoms with Gasteiger partial charge in [0.15, 0.2) is 0 Å². The molecule has 0 aromatic heterocycles. The highest BCUT2D eigenvalue weighted by atomic mass is 32.7. The summed E-state index contributed by atoms with van der Waals surface area (Å²) >= 11 is 1.47. The van der Waals surface area contributed by atoms with E-state index in [4.69, 9.17) is 4.52 Å². The van der Waals surface area contributed by atoms with Crippen LogP contribution in [0.4, 0.5) is 0 Å². The molecule has 0 saturated carbocycles. The predicted molar refractivity (Wildman–Crippen MR) is 74.6 cm³/mol. The molecule has 0 radical (unpaired) electrons. The van der Waals surface area contributed by atoms with E-state index in [1.54, 1.807) is 6.66 Å². The van der Waals surface area contributed by atoms with Crippen molar-refractivity contribution in [2.24, 2.45) is 5.92 Å². The van der Waals surface area contributed by atoms with Crippen LogP contribution in [0.15, 0.2) is 0 Å². The van der Waals surface area contributed by atoms with Gasteiger partial charge in [-0.15, -0.1) is 0 Å². The van der Waals surface area contributed by atoms with Gasteiger partial charge < -0.3 is 9.42 Å². The standard InChI is InChI=1S/C11H26NO2PS/c1-6-12(7-2)8-9-16-15(5,13)14-10-11(3)4/h11H,6-10H2,1-5H3. The van der Waals surface area contributed by atoms with Crippen LogP contribution in [0.1, 0.15) is 27.7 Å². The van der Waals surface area contributed by atoms with Crippen molar-refractivity contribution in [1.82, 2.24) is 4.90 Å². The van der Waals surface area contributed by atoms with Crippen LogP contribution in [-0.4, -0.2) is 43.6 Å². The zero-order chi connectivity index (χ0) is 12.6. The molecule has 0 saturated heterocycles. The first kappa shape index (κ1) is 16.5. The van der Waals surface area contributed by atoms with Crippen LogP contribution in [0.3, 0.4) is 0 Å². The second-order valence-electron chi connectivity index (χ2n) is 4.32. The Morgan fingerprint density at radius 1 is 1.31 bits per heavy atom. The summed E-state index contributed by atoms with van der Waals surface area (Å²) in [5.74, 6) is 1.32. The van der Waals surface area contributed by atoms with Crippen molar-refractivity contribution in [2.45, 2.75) is 27.7 Å². The van der Waals surface area contributed by atoms with Crippen LogP contribution in [0.5, 0.6) is 0 Å². The Balaban J connectivity index is 3.77. The molecule has 0 rings (SSSR count). The van der Waals surface area contributed by atoms with E-state index < -0.39 is 6.57 Å². The topological polar surface area (TPSA) is 29.5 Å². The minimum Gasteiger partial charge on any atom is -0.321 e. The highest BCUT2D eigenvalue weighted by molar-refractivity contribution is 8.56. The number of nitrogens with zero attached hydrogens (tertiary/aromatic N) is 1. The molecule has 0 spiro atoms. The van der Waals surface area contributed by atoms with Gasteiger partial charge in [-0.1, -0.05) is 39.1 Å². The third-order valence-corrected chi connectivity index (χ3v) is 5.99. The van der Waals surface area contributed by atoms with Crippen LogP contribution in [0, 0.1) is 5.92 Å². The summed E-state index contributed by atoms with van der Waals surface area (Å²) in [4.78, 5) is 2.33. The summed E-state index contributed by atoms with van der Waals surface area (Å²) in [5, 5.41) is 0. The average molecular weight is 267 g/mol. The van der Waals surface area contributed by atoms with Crippen molar-refractivity contribution in [3.8, 4) is 0 Å². The smallest absolute Gasteiger partial charge is 0.254 e. The summed E-state index contributed by atoms with van der Waals surface area (Å²) in [6.07, 6.45) is 0. The van der Waals surface area contributed by atoms with Gasteiger partial charge in [-0.2, -0.15) is 0 Å². The molecule has 1 unspecified atom stereocenters. The van der Waals surface area contributed by atoms with Crippen LogP contribution >= 0.6 is 18.0 Å². The first-order valence-electron chi connectivity index (χ1n) is 6.00. The fraction of sp³-hybridized carbons (Fsp3) is 1.00. The summed E-state index contributed by atoms with van der Waals surface area (Å²) < 4.78 is 17.4. The van der Waals surface area contributed by atoms with E-state index >= 15 is 0 Å². The van der Waals surface area contributed by atoms with Crippen LogP contribution in [0.25, 0.3) is 0 Å². The molecule has 1 atom stereocenters. The zero-order valence-electron chi connectivity index (χ0n) is 11.2. The van der Waals surface area contributed by atoms with Gasteiger partial charge in [0.2, 0.25) is 0 Å². The molecule has 0 aliphatic carbocycles. The van der Waals surface area contributed by atoms with Crippen molar-refractivity contribution >= 4 is 18.0 Å². The quantitative estimate of drug-likeness (QED) is 0.597. The molecule has 16 heavy (non-hydrogen) atoms. The van der Waals surface area contributed by atoms with Crippen molar-refractivity contribution in [3.63, 3.8) is 0 Å². The molecule has 0 aliphatic rings. The van der Waals surface area contributed by atoms with E-state index in [2.05, 4.69) is 32.6 Å². The Morgan fingerprint density at radius 2 is 1.88 bits per heavy atom. The molecule has 0 amide bonds. The molecular weight excluding hydrogens is 241 g/mol. The van der Waals surface area contributed by atoms with Gasteiger partial charge in [0.1, 0.15) is 0 Å². The van der Waals surface area contributed by atoms with E-state index in [0.717, 1.165) is 25.4 Å². The number of rotatable bonds is 9. The maximum atomic E-state index is 12.0. The lowest BCUT2D eigenvalue weighted by atomic mass is 10.2. The van der Waals surface area contributed by atoms with E-state index in [9.17, 15) is 4.57 Å². The molecule has 0 N–H and O–H groups in total. The maximum absolute atomic E-state index is 12.0. The molecule has 0 aromatic rings. The Bertz CT molecular complexity index is 220. The number of hydrogen-bond acceptors (Lipinski definition) is 4. The molecule has 0 bridgehead atoms. The van der Waals surface area contributed by atoms with E-state index in [1.165, 1.54) is 11.4 Å². The summed E-state index contributed by atoms with van der Waals surface area (Å²) in [6, 6.07) is 0. The van der Waals surface area contributed by atoms with E-state index in [0.29, 0.717) is 12.5 Å². The van der Waals surface area contributed by atoms with Crippen molar-refractivity contribution in [3.05, 3.63) is 0 Å². The fourth-order valence-electron chi connectivity index (χ4n) is 1.20. The van der Waals surface area contributed by atoms with Gasteiger partial charge in [-0.05, 0) is 19.0 Å². The SMILES string of the molecule is CCN(CC)CCSP(C)(=O)OCC(C)C. The van der Waals surface area contributed by atoms with Crippen molar-refractivity contribution in [2.75, 3.05) is 38.7 Å². The highest BCUT2D eigenvalue weighted by Gasteiger charge is 2.17. The Kier molecular flexibility index (Phi) is 8.84. The first-order chi connectivity index (χ1) is 7.41. The summed E-state index contributed by atoms with van der Waals surface area (Å²) in [5.41, 5.74) is 0. The highest BCUT2D eigenvalue weighted by Crippen LogP contribution is 2.56. The van der Waals surface area contributed by atoms with Crippen LogP contribution < -0.4 is 0 Å². The van der Waals surface area contributed by atoms with Crippen LogP contribution in [-0.2, 0) is 9.09 Å². The summed E-state index contributed by atoms with van der Waals surface area (Å²) in [6.45, 7) is 11.4. The first-order valence-corrected chi connectivity index (χ1v) is 9.66. The van der Waals surface area contributed by atoms with Crippen molar-refractivity contribution in [1.29, 1.82) is 0 Å². The second-order valence-corrected chi connectivity index (χ2v) is 9.55. The molecule has 98 valence electrons. The molecule has 0 heterocycles. The third-order valence-electron chi connectivity index (χ3n) is 2.27. The third kappa shape index (κ3) is 8.63. The maximum Gasteiger partial charge on any atom is 0.254 e. The lowest BCUT2D eigenvalue weighted by molar-refractivity contribution is 0.282. The Labute approximate surface area is 105 Å². The lowest BCUT2D eigenvalue weighted by Crippen LogP contribution is -2.25. The average Bonchev–Trinajstić information content (AvgIpc) is 2.22. The summed E-state index contributed by atoms with van der Waals surface area (Å²) in [7, 11) is 0. The van der Waals surface area contributed by atoms with Gasteiger partial charge in [-0.25, -0.2) is 0 Å². The van der Waals surface area contributed by atoms with Crippen LogP contribution in [0.2, 0.25) is 0 Å². The number of hydrogen-bond donors (Lipinski definition) is 0. The van der Waals surface area contributed by atoms with E-state index in [-0.39, 0.29) is 0 Å². The normalized spacial score (nSPS) is 15.7. The van der Waals surface area contributed by atoms with Gasteiger partial charge >= 0.3 is 0 Å². The molecule has 0 aromatic carbocycles. The largest absolute Gasteiger partial charge is 0.321 e.